The van der Waals surface area contributed by atoms with Gasteiger partial charge in [-0.2, -0.15) is 5.10 Å². The first-order chi connectivity index (χ1) is 19.7. The zero-order valence-electron chi connectivity index (χ0n) is 21.7. The molecule has 0 saturated carbocycles. The molecule has 7 heteroatoms. The SMILES string of the molecule is Cn1cc(-c2ccc3nccc(Oc4ccc(Nc5nnc(-c6ccccc6)c6ccccc56)cc4)c3c2)cn1. The van der Waals surface area contributed by atoms with Crippen molar-refractivity contribution in [1.29, 1.82) is 0 Å². The van der Waals surface area contributed by atoms with Crippen LogP contribution >= 0.6 is 0 Å². The highest BCUT2D eigenvalue weighted by atomic mass is 16.5. The van der Waals surface area contributed by atoms with Crippen LogP contribution in [0.25, 0.3) is 44.1 Å². The largest absolute Gasteiger partial charge is 0.457 e. The van der Waals surface area contributed by atoms with E-state index in [1.807, 2.05) is 98.3 Å². The van der Waals surface area contributed by atoms with E-state index in [1.54, 1.807) is 10.9 Å². The van der Waals surface area contributed by atoms with Crippen molar-refractivity contribution in [3.05, 3.63) is 122 Å². The lowest BCUT2D eigenvalue weighted by atomic mass is 10.0. The molecule has 0 unspecified atom stereocenters. The van der Waals surface area contributed by atoms with Gasteiger partial charge in [-0.15, -0.1) is 10.2 Å². The molecule has 3 heterocycles. The molecule has 0 aliphatic heterocycles. The summed E-state index contributed by atoms with van der Waals surface area (Å²) in [6.07, 6.45) is 5.61. The molecule has 3 aromatic heterocycles. The Kier molecular flexibility index (Phi) is 5.86. The van der Waals surface area contributed by atoms with Crippen molar-refractivity contribution in [2.24, 2.45) is 7.05 Å². The van der Waals surface area contributed by atoms with Gasteiger partial charge in [0.15, 0.2) is 5.82 Å². The van der Waals surface area contributed by atoms with Crippen LogP contribution in [0.4, 0.5) is 11.5 Å². The highest BCUT2D eigenvalue weighted by Gasteiger charge is 2.12. The van der Waals surface area contributed by atoms with Crippen LogP contribution in [-0.4, -0.2) is 25.0 Å². The quantitative estimate of drug-likeness (QED) is 0.241. The van der Waals surface area contributed by atoms with Crippen LogP contribution in [0.3, 0.4) is 0 Å². The predicted octanol–water partition coefficient (Wildman–Crippen LogP) is 7.78. The lowest BCUT2D eigenvalue weighted by molar-refractivity contribution is 0.488. The number of nitrogens with one attached hydrogen (secondary N) is 1. The number of rotatable bonds is 6. The maximum atomic E-state index is 6.31. The van der Waals surface area contributed by atoms with E-state index < -0.39 is 0 Å². The number of pyridine rings is 1. The normalized spacial score (nSPS) is 11.1. The number of aryl methyl sites for hydroxylation is 1. The molecule has 0 bridgehead atoms. The van der Waals surface area contributed by atoms with Crippen molar-refractivity contribution in [3.63, 3.8) is 0 Å². The van der Waals surface area contributed by atoms with E-state index in [9.17, 15) is 0 Å². The van der Waals surface area contributed by atoms with Crippen molar-refractivity contribution in [3.8, 4) is 33.9 Å². The summed E-state index contributed by atoms with van der Waals surface area (Å²) < 4.78 is 8.10. The Balaban J connectivity index is 1.15. The topological polar surface area (TPSA) is 77.8 Å². The number of aromatic nitrogens is 5. The minimum atomic E-state index is 0.701. The second-order valence-electron chi connectivity index (χ2n) is 9.50. The Morgan fingerprint density at radius 1 is 0.700 bits per heavy atom. The fraction of sp³-hybridized carbons (Fsp3) is 0.0303. The summed E-state index contributed by atoms with van der Waals surface area (Å²) in [5.41, 5.74) is 5.76. The lowest BCUT2D eigenvalue weighted by Crippen LogP contribution is -1.99. The van der Waals surface area contributed by atoms with Crippen LogP contribution in [0, 0.1) is 0 Å². The van der Waals surface area contributed by atoms with Crippen LogP contribution < -0.4 is 10.1 Å². The van der Waals surface area contributed by atoms with Crippen LogP contribution in [0.15, 0.2) is 122 Å². The molecule has 7 rings (SSSR count). The summed E-state index contributed by atoms with van der Waals surface area (Å²) in [5, 5.41) is 19.8. The first-order valence-electron chi connectivity index (χ1n) is 12.9. The number of fused-ring (bicyclic) bond motifs is 2. The van der Waals surface area contributed by atoms with Gasteiger partial charge in [0, 0.05) is 52.4 Å². The van der Waals surface area contributed by atoms with Gasteiger partial charge in [0.05, 0.1) is 11.7 Å². The summed E-state index contributed by atoms with van der Waals surface area (Å²) in [7, 11) is 1.91. The Labute approximate surface area is 230 Å². The monoisotopic (exact) mass is 520 g/mol. The van der Waals surface area contributed by atoms with Crippen LogP contribution in [0.1, 0.15) is 0 Å². The van der Waals surface area contributed by atoms with Crippen molar-refractivity contribution < 1.29 is 4.74 Å². The maximum Gasteiger partial charge on any atom is 0.161 e. The third kappa shape index (κ3) is 4.50. The lowest BCUT2D eigenvalue weighted by Gasteiger charge is -2.12. The Morgan fingerprint density at radius 2 is 1.50 bits per heavy atom. The minimum Gasteiger partial charge on any atom is -0.457 e. The molecule has 192 valence electrons. The van der Waals surface area contributed by atoms with Gasteiger partial charge in [0.25, 0.3) is 0 Å². The first kappa shape index (κ1) is 23.5. The standard InChI is InChI=1S/C33H24N6O/c1-39-21-24(20-35-39)23-11-16-30-29(19-23)31(17-18-34-30)40-26-14-12-25(13-15-26)36-33-28-10-6-5-9-27(28)32(37-38-33)22-7-3-2-4-8-22/h2-21H,1H3,(H,36,38). The Bertz CT molecular complexity index is 1970. The minimum absolute atomic E-state index is 0.701. The van der Waals surface area contributed by atoms with E-state index in [2.05, 4.69) is 49.9 Å². The average molecular weight is 521 g/mol. The zero-order valence-corrected chi connectivity index (χ0v) is 21.7. The molecule has 4 aromatic carbocycles. The fourth-order valence-corrected chi connectivity index (χ4v) is 4.84. The molecule has 1 N–H and O–H groups in total. The summed E-state index contributed by atoms with van der Waals surface area (Å²) in [6.45, 7) is 0. The van der Waals surface area contributed by atoms with Gasteiger partial charge in [0.1, 0.15) is 17.2 Å². The highest BCUT2D eigenvalue weighted by Crippen LogP contribution is 2.34. The molecule has 0 atom stereocenters. The molecule has 0 saturated heterocycles. The van der Waals surface area contributed by atoms with Gasteiger partial charge >= 0.3 is 0 Å². The second-order valence-corrected chi connectivity index (χ2v) is 9.50. The molecule has 0 aliphatic carbocycles. The van der Waals surface area contributed by atoms with Gasteiger partial charge in [-0.25, -0.2) is 0 Å². The number of benzene rings is 4. The van der Waals surface area contributed by atoms with E-state index in [-0.39, 0.29) is 0 Å². The highest BCUT2D eigenvalue weighted by molar-refractivity contribution is 6.00. The molecule has 7 nitrogen and oxygen atoms in total. The smallest absolute Gasteiger partial charge is 0.161 e. The van der Waals surface area contributed by atoms with E-state index in [4.69, 9.17) is 4.74 Å². The van der Waals surface area contributed by atoms with Gasteiger partial charge < -0.3 is 10.1 Å². The van der Waals surface area contributed by atoms with Gasteiger partial charge in [-0.05, 0) is 48.0 Å². The van der Waals surface area contributed by atoms with Gasteiger partial charge in [-0.3, -0.25) is 9.67 Å². The van der Waals surface area contributed by atoms with Gasteiger partial charge in [0.2, 0.25) is 0 Å². The van der Waals surface area contributed by atoms with Crippen LogP contribution in [-0.2, 0) is 7.05 Å². The number of hydrogen-bond donors (Lipinski definition) is 1. The molecule has 0 fully saturated rings. The van der Waals surface area contributed by atoms with Crippen LogP contribution in [0.2, 0.25) is 0 Å². The third-order valence-electron chi connectivity index (χ3n) is 6.82. The predicted molar refractivity (Wildman–Crippen MR) is 159 cm³/mol. The summed E-state index contributed by atoms with van der Waals surface area (Å²) >= 11 is 0. The molecule has 40 heavy (non-hydrogen) atoms. The number of ether oxygens (including phenoxy) is 1. The maximum absolute atomic E-state index is 6.31. The number of nitrogens with zero attached hydrogens (tertiary/aromatic N) is 5. The molecule has 7 aromatic rings. The molecular formula is C33H24N6O. The first-order valence-corrected chi connectivity index (χ1v) is 12.9. The Morgan fingerprint density at radius 3 is 2.30 bits per heavy atom. The van der Waals surface area contributed by atoms with Crippen LogP contribution in [0.5, 0.6) is 11.5 Å². The van der Waals surface area contributed by atoms with E-state index in [0.717, 1.165) is 61.2 Å². The number of anilines is 2. The van der Waals surface area contributed by atoms with E-state index in [0.29, 0.717) is 5.82 Å². The average Bonchev–Trinajstić information content (AvgIpc) is 3.45. The summed E-state index contributed by atoms with van der Waals surface area (Å²) in [6, 6.07) is 34.1. The molecule has 0 amide bonds. The Hall–Kier alpha value is -5.56. The van der Waals surface area contributed by atoms with Crippen molar-refractivity contribution in [1.82, 2.24) is 25.0 Å². The molecule has 0 aliphatic rings. The summed E-state index contributed by atoms with van der Waals surface area (Å²) in [4.78, 5) is 4.51. The third-order valence-corrected chi connectivity index (χ3v) is 6.82. The molecule has 0 spiro atoms. The van der Waals surface area contributed by atoms with Crippen molar-refractivity contribution in [2.45, 2.75) is 0 Å². The molecule has 0 radical (unpaired) electrons. The van der Waals surface area contributed by atoms with Crippen molar-refractivity contribution >= 4 is 33.2 Å². The van der Waals surface area contributed by atoms with Crippen molar-refractivity contribution in [2.75, 3.05) is 5.32 Å². The fourth-order valence-electron chi connectivity index (χ4n) is 4.84. The van der Waals surface area contributed by atoms with E-state index >= 15 is 0 Å². The zero-order chi connectivity index (χ0) is 26.9. The second kappa shape index (κ2) is 9.96. The number of hydrogen-bond acceptors (Lipinski definition) is 6. The molecular weight excluding hydrogens is 496 g/mol. The van der Waals surface area contributed by atoms with E-state index in [1.165, 1.54) is 0 Å². The van der Waals surface area contributed by atoms with Gasteiger partial charge in [-0.1, -0.05) is 60.7 Å². The summed E-state index contributed by atoms with van der Waals surface area (Å²) in [5.74, 6) is 2.16.